The number of hydrogen-bond donors (Lipinski definition) is 2. The van der Waals surface area contributed by atoms with E-state index in [9.17, 15) is 18.3 Å². The van der Waals surface area contributed by atoms with Gasteiger partial charge in [-0.2, -0.15) is 0 Å². The van der Waals surface area contributed by atoms with E-state index in [2.05, 4.69) is 10.1 Å². The van der Waals surface area contributed by atoms with Gasteiger partial charge in [0.05, 0.1) is 6.61 Å². The Morgan fingerprint density at radius 3 is 2.53 bits per heavy atom. The fraction of sp³-hybridized carbons (Fsp3) is 0.538. The highest BCUT2D eigenvalue weighted by atomic mass is 19.4. The van der Waals surface area contributed by atoms with Gasteiger partial charge in [0.1, 0.15) is 5.75 Å². The van der Waals surface area contributed by atoms with Crippen molar-refractivity contribution in [2.75, 3.05) is 18.5 Å². The highest BCUT2D eigenvalue weighted by Crippen LogP contribution is 2.26. The lowest BCUT2D eigenvalue weighted by Gasteiger charge is -2.26. The molecular formula is C13H18F3NO2. The van der Waals surface area contributed by atoms with Crippen LogP contribution in [-0.2, 0) is 0 Å². The molecule has 1 aromatic carbocycles. The highest BCUT2D eigenvalue weighted by Gasteiger charge is 2.31. The minimum absolute atomic E-state index is 0.00917. The second kappa shape index (κ2) is 6.14. The molecule has 0 saturated carbocycles. The number of halogens is 3. The first-order chi connectivity index (χ1) is 8.78. The van der Waals surface area contributed by atoms with Crippen molar-refractivity contribution in [3.8, 4) is 5.75 Å². The molecule has 0 radical (unpaired) electrons. The van der Waals surface area contributed by atoms with Gasteiger partial charge in [-0.05, 0) is 18.6 Å². The van der Waals surface area contributed by atoms with Gasteiger partial charge in [0.25, 0.3) is 0 Å². The molecule has 0 heterocycles. The number of hydrogen-bond acceptors (Lipinski definition) is 3. The summed E-state index contributed by atoms with van der Waals surface area (Å²) in [7, 11) is 0. The van der Waals surface area contributed by atoms with E-state index in [-0.39, 0.29) is 17.8 Å². The van der Waals surface area contributed by atoms with E-state index in [1.54, 1.807) is 6.07 Å². The fourth-order valence-corrected chi connectivity index (χ4v) is 1.41. The molecular weight excluding hydrogens is 259 g/mol. The summed E-state index contributed by atoms with van der Waals surface area (Å²) < 4.78 is 40.1. The van der Waals surface area contributed by atoms with Crippen molar-refractivity contribution in [1.82, 2.24) is 0 Å². The number of aliphatic hydroxyl groups is 1. The van der Waals surface area contributed by atoms with Crippen LogP contribution in [0.2, 0.25) is 0 Å². The lowest BCUT2D eigenvalue weighted by atomic mass is 9.88. The zero-order valence-electron chi connectivity index (χ0n) is 10.9. The zero-order valence-corrected chi connectivity index (χ0v) is 10.9. The van der Waals surface area contributed by atoms with Crippen molar-refractivity contribution < 1.29 is 23.0 Å². The Kier molecular flexibility index (Phi) is 5.05. The number of alkyl halides is 3. The van der Waals surface area contributed by atoms with E-state index in [0.29, 0.717) is 12.2 Å². The van der Waals surface area contributed by atoms with Gasteiger partial charge in [-0.1, -0.05) is 19.9 Å². The Morgan fingerprint density at radius 2 is 2.00 bits per heavy atom. The van der Waals surface area contributed by atoms with Gasteiger partial charge in [0.2, 0.25) is 0 Å². The van der Waals surface area contributed by atoms with Crippen molar-refractivity contribution in [2.45, 2.75) is 26.6 Å². The van der Waals surface area contributed by atoms with Crippen molar-refractivity contribution in [2.24, 2.45) is 5.41 Å². The Hall–Kier alpha value is -1.43. The molecule has 6 heteroatoms. The fourth-order valence-electron chi connectivity index (χ4n) is 1.41. The maximum absolute atomic E-state index is 12.1. The quantitative estimate of drug-likeness (QED) is 0.837. The van der Waals surface area contributed by atoms with Crippen LogP contribution in [0.25, 0.3) is 0 Å². The first kappa shape index (κ1) is 15.6. The van der Waals surface area contributed by atoms with Gasteiger partial charge >= 0.3 is 6.36 Å². The molecule has 0 spiro atoms. The van der Waals surface area contributed by atoms with E-state index in [1.807, 2.05) is 13.8 Å². The van der Waals surface area contributed by atoms with Crippen molar-refractivity contribution in [3.63, 3.8) is 0 Å². The normalized spacial score (nSPS) is 14.8. The molecule has 1 aromatic rings. The van der Waals surface area contributed by atoms with Gasteiger partial charge in [0.15, 0.2) is 0 Å². The molecule has 0 aliphatic heterocycles. The lowest BCUT2D eigenvalue weighted by Crippen LogP contribution is -2.29. The van der Waals surface area contributed by atoms with Crippen LogP contribution in [0.4, 0.5) is 18.9 Å². The third-order valence-electron chi connectivity index (χ3n) is 3.02. The van der Waals surface area contributed by atoms with Crippen LogP contribution < -0.4 is 10.1 Å². The number of rotatable bonds is 6. The second-order valence-corrected chi connectivity index (χ2v) is 4.75. The summed E-state index contributed by atoms with van der Waals surface area (Å²) in [5, 5.41) is 12.3. The van der Waals surface area contributed by atoms with E-state index < -0.39 is 6.36 Å². The summed E-state index contributed by atoms with van der Waals surface area (Å²) in [5.74, 6) is -0.264. The third kappa shape index (κ3) is 5.38. The van der Waals surface area contributed by atoms with Gasteiger partial charge in [0, 0.05) is 23.7 Å². The number of anilines is 1. The van der Waals surface area contributed by atoms with Crippen LogP contribution in [0.3, 0.4) is 0 Å². The van der Waals surface area contributed by atoms with Crippen LogP contribution >= 0.6 is 0 Å². The van der Waals surface area contributed by atoms with Gasteiger partial charge < -0.3 is 15.2 Å². The molecule has 0 amide bonds. The molecule has 0 saturated heterocycles. The highest BCUT2D eigenvalue weighted by molar-refractivity contribution is 5.48. The maximum atomic E-state index is 12.1. The van der Waals surface area contributed by atoms with Crippen LogP contribution in [0.5, 0.6) is 5.75 Å². The van der Waals surface area contributed by atoms with E-state index in [1.165, 1.54) is 18.2 Å². The molecule has 0 fully saturated rings. The van der Waals surface area contributed by atoms with Crippen LogP contribution in [0, 0.1) is 5.41 Å². The lowest BCUT2D eigenvalue weighted by molar-refractivity contribution is -0.274. The minimum Gasteiger partial charge on any atom is -0.406 e. The van der Waals surface area contributed by atoms with E-state index >= 15 is 0 Å². The molecule has 1 atom stereocenters. The van der Waals surface area contributed by atoms with Crippen molar-refractivity contribution in [1.29, 1.82) is 0 Å². The molecule has 1 rings (SSSR count). The Balaban J connectivity index is 2.67. The first-order valence-corrected chi connectivity index (χ1v) is 5.98. The number of benzene rings is 1. The van der Waals surface area contributed by atoms with Crippen LogP contribution in [0.15, 0.2) is 24.3 Å². The summed E-state index contributed by atoms with van der Waals surface area (Å²) in [6.45, 7) is 4.32. The topological polar surface area (TPSA) is 41.5 Å². The summed E-state index contributed by atoms with van der Waals surface area (Å²) in [6.07, 6.45) is -3.93. The molecule has 108 valence electrons. The van der Waals surface area contributed by atoms with Crippen LogP contribution in [0.1, 0.15) is 20.3 Å². The molecule has 1 unspecified atom stereocenters. The standard InChI is InChI=1S/C13H18F3NO2/c1-3-12(2,9-18)8-17-10-5-4-6-11(7-10)19-13(14,15)16/h4-7,17-18H,3,8-9H2,1-2H3. The Morgan fingerprint density at radius 1 is 1.32 bits per heavy atom. The largest absolute Gasteiger partial charge is 0.573 e. The molecule has 0 aliphatic carbocycles. The Bertz CT molecular complexity index is 403. The predicted molar refractivity (Wildman–Crippen MR) is 67.1 cm³/mol. The maximum Gasteiger partial charge on any atom is 0.573 e. The SMILES string of the molecule is CCC(C)(CO)CNc1cccc(OC(F)(F)F)c1. The average molecular weight is 277 g/mol. The molecule has 2 N–H and O–H groups in total. The van der Waals surface area contributed by atoms with Gasteiger partial charge in [-0.3, -0.25) is 0 Å². The number of ether oxygens (including phenoxy) is 1. The van der Waals surface area contributed by atoms with Crippen LogP contribution in [-0.4, -0.2) is 24.6 Å². The first-order valence-electron chi connectivity index (χ1n) is 5.98. The predicted octanol–water partition coefficient (Wildman–Crippen LogP) is 3.41. The summed E-state index contributed by atoms with van der Waals surface area (Å²) in [6, 6.07) is 5.65. The monoisotopic (exact) mass is 277 g/mol. The minimum atomic E-state index is -4.69. The second-order valence-electron chi connectivity index (χ2n) is 4.75. The zero-order chi connectivity index (χ0) is 14.5. The van der Waals surface area contributed by atoms with Crippen molar-refractivity contribution >= 4 is 5.69 Å². The van der Waals surface area contributed by atoms with Gasteiger partial charge in [-0.15, -0.1) is 13.2 Å². The molecule has 0 aromatic heterocycles. The molecule has 0 aliphatic rings. The number of nitrogens with one attached hydrogen (secondary N) is 1. The van der Waals surface area contributed by atoms with E-state index in [4.69, 9.17) is 0 Å². The summed E-state index contributed by atoms with van der Waals surface area (Å²) >= 11 is 0. The number of aliphatic hydroxyl groups excluding tert-OH is 1. The average Bonchev–Trinajstić information content (AvgIpc) is 2.34. The van der Waals surface area contributed by atoms with E-state index in [0.717, 1.165) is 6.42 Å². The van der Waals surface area contributed by atoms with Gasteiger partial charge in [-0.25, -0.2) is 0 Å². The molecule has 19 heavy (non-hydrogen) atoms. The molecule has 3 nitrogen and oxygen atoms in total. The smallest absolute Gasteiger partial charge is 0.406 e. The molecule has 0 bridgehead atoms. The summed E-state index contributed by atoms with van der Waals surface area (Å²) in [5.41, 5.74) is 0.218. The van der Waals surface area contributed by atoms with Crippen molar-refractivity contribution in [3.05, 3.63) is 24.3 Å². The third-order valence-corrected chi connectivity index (χ3v) is 3.02. The summed E-state index contributed by atoms with van der Waals surface area (Å²) in [4.78, 5) is 0. The Labute approximate surface area is 110 Å².